The van der Waals surface area contributed by atoms with Gasteiger partial charge in [0.25, 0.3) is 0 Å². The summed E-state index contributed by atoms with van der Waals surface area (Å²) in [4.78, 5) is 5.07. The first-order chi connectivity index (χ1) is 10.2. The monoisotopic (exact) mass is 283 g/mol. The van der Waals surface area contributed by atoms with Crippen molar-refractivity contribution in [2.45, 2.75) is 45.2 Å². The van der Waals surface area contributed by atoms with Gasteiger partial charge >= 0.3 is 0 Å². The number of aliphatic imine (C=N–C) groups is 1. The van der Waals surface area contributed by atoms with Crippen LogP contribution in [0.2, 0.25) is 0 Å². The van der Waals surface area contributed by atoms with E-state index in [0.717, 1.165) is 30.3 Å². The Labute approximate surface area is 127 Å². The smallest absolute Gasteiger partial charge is 0.0700 e. The van der Waals surface area contributed by atoms with Crippen molar-refractivity contribution in [1.29, 1.82) is 0 Å². The highest BCUT2D eigenvalue weighted by atomic mass is 15.0. The van der Waals surface area contributed by atoms with Crippen LogP contribution in [0.25, 0.3) is 0 Å². The van der Waals surface area contributed by atoms with Gasteiger partial charge in [-0.25, -0.2) is 0 Å². The highest BCUT2D eigenvalue weighted by Crippen LogP contribution is 2.37. The normalized spacial score (nSPS) is 29.6. The molecule has 1 heterocycles. The second-order valence-electron chi connectivity index (χ2n) is 6.17. The van der Waals surface area contributed by atoms with E-state index < -0.39 is 0 Å². The van der Waals surface area contributed by atoms with Gasteiger partial charge in [-0.15, -0.1) is 0 Å². The predicted molar refractivity (Wildman–Crippen MR) is 88.5 cm³/mol. The maximum atomic E-state index is 6.36. The molecular formula is C18H25N3. The lowest BCUT2D eigenvalue weighted by molar-refractivity contribution is 0.571. The van der Waals surface area contributed by atoms with Gasteiger partial charge in [-0.1, -0.05) is 43.7 Å². The fourth-order valence-electron chi connectivity index (χ4n) is 3.10. The summed E-state index contributed by atoms with van der Waals surface area (Å²) in [7, 11) is 0. The molecule has 1 aliphatic carbocycles. The molecule has 0 saturated heterocycles. The van der Waals surface area contributed by atoms with Crippen LogP contribution < -0.4 is 11.1 Å². The molecule has 3 nitrogen and oxygen atoms in total. The number of nitrogens with two attached hydrogens (primary N) is 1. The SMILES string of the molecule is CCC1CC1N=C(C1=C(N)C(C)NCC1)c1ccccc1. The average Bonchev–Trinajstić information content (AvgIpc) is 3.27. The Morgan fingerprint density at radius 2 is 2.10 bits per heavy atom. The first-order valence-corrected chi connectivity index (χ1v) is 8.06. The van der Waals surface area contributed by atoms with Crippen LogP contribution in [-0.4, -0.2) is 24.3 Å². The van der Waals surface area contributed by atoms with Gasteiger partial charge in [0.15, 0.2) is 0 Å². The Kier molecular flexibility index (Phi) is 4.11. The Hall–Kier alpha value is -1.61. The molecule has 3 N–H and O–H groups in total. The first-order valence-electron chi connectivity index (χ1n) is 8.06. The molecule has 3 unspecified atom stereocenters. The zero-order valence-corrected chi connectivity index (χ0v) is 13.0. The molecule has 3 heteroatoms. The van der Waals surface area contributed by atoms with E-state index in [2.05, 4.69) is 49.5 Å². The van der Waals surface area contributed by atoms with Crippen molar-refractivity contribution in [3.8, 4) is 0 Å². The van der Waals surface area contributed by atoms with Crippen LogP contribution in [0.3, 0.4) is 0 Å². The van der Waals surface area contributed by atoms with Crippen LogP contribution in [0.4, 0.5) is 0 Å². The molecule has 1 saturated carbocycles. The van der Waals surface area contributed by atoms with E-state index in [9.17, 15) is 0 Å². The molecule has 0 amide bonds. The van der Waals surface area contributed by atoms with E-state index in [-0.39, 0.29) is 6.04 Å². The van der Waals surface area contributed by atoms with E-state index in [0.29, 0.717) is 6.04 Å². The van der Waals surface area contributed by atoms with E-state index in [1.54, 1.807) is 0 Å². The van der Waals surface area contributed by atoms with Crippen LogP contribution in [0, 0.1) is 5.92 Å². The van der Waals surface area contributed by atoms with E-state index >= 15 is 0 Å². The van der Waals surface area contributed by atoms with Gasteiger partial charge in [-0.2, -0.15) is 0 Å². The van der Waals surface area contributed by atoms with Gasteiger partial charge in [0.2, 0.25) is 0 Å². The third-order valence-electron chi connectivity index (χ3n) is 4.68. The lowest BCUT2D eigenvalue weighted by Gasteiger charge is -2.26. The first kappa shape index (κ1) is 14.3. The summed E-state index contributed by atoms with van der Waals surface area (Å²) in [5, 5.41) is 3.42. The molecule has 21 heavy (non-hydrogen) atoms. The molecule has 0 bridgehead atoms. The summed E-state index contributed by atoms with van der Waals surface area (Å²) in [6, 6.07) is 11.2. The molecule has 2 aliphatic rings. The molecule has 0 radical (unpaired) electrons. The Balaban J connectivity index is 1.99. The zero-order chi connectivity index (χ0) is 14.8. The third kappa shape index (κ3) is 3.03. The minimum Gasteiger partial charge on any atom is -0.400 e. The van der Waals surface area contributed by atoms with Crippen LogP contribution in [0.15, 0.2) is 46.6 Å². The highest BCUT2D eigenvalue weighted by Gasteiger charge is 2.36. The maximum Gasteiger partial charge on any atom is 0.0700 e. The van der Waals surface area contributed by atoms with Gasteiger partial charge in [-0.05, 0) is 37.8 Å². The lowest BCUT2D eigenvalue weighted by atomic mass is 9.93. The quantitative estimate of drug-likeness (QED) is 0.835. The topological polar surface area (TPSA) is 50.4 Å². The number of rotatable bonds is 4. The van der Waals surface area contributed by atoms with Gasteiger partial charge in [0.05, 0.1) is 11.8 Å². The zero-order valence-electron chi connectivity index (χ0n) is 13.0. The van der Waals surface area contributed by atoms with E-state index in [1.165, 1.54) is 24.0 Å². The maximum absolute atomic E-state index is 6.36. The fourth-order valence-corrected chi connectivity index (χ4v) is 3.10. The largest absolute Gasteiger partial charge is 0.400 e. The summed E-state index contributed by atoms with van der Waals surface area (Å²) in [6.07, 6.45) is 3.42. The van der Waals surface area contributed by atoms with Crippen LogP contribution in [-0.2, 0) is 0 Å². The predicted octanol–water partition coefficient (Wildman–Crippen LogP) is 2.87. The van der Waals surface area contributed by atoms with Crippen molar-refractivity contribution in [3.05, 3.63) is 47.2 Å². The Bertz CT molecular complexity index is 559. The van der Waals surface area contributed by atoms with Crippen molar-refractivity contribution in [1.82, 2.24) is 5.32 Å². The molecule has 3 rings (SSSR count). The van der Waals surface area contributed by atoms with E-state index in [1.807, 2.05) is 0 Å². The van der Waals surface area contributed by atoms with Crippen molar-refractivity contribution < 1.29 is 0 Å². The van der Waals surface area contributed by atoms with Crippen LogP contribution in [0.5, 0.6) is 0 Å². The minimum atomic E-state index is 0.240. The van der Waals surface area contributed by atoms with Gasteiger partial charge in [-0.3, -0.25) is 4.99 Å². The fraction of sp³-hybridized carbons (Fsp3) is 0.500. The third-order valence-corrected chi connectivity index (χ3v) is 4.68. The van der Waals surface area contributed by atoms with Gasteiger partial charge in [0, 0.05) is 17.3 Å². The lowest BCUT2D eigenvalue weighted by Crippen LogP contribution is -2.39. The Morgan fingerprint density at radius 1 is 1.33 bits per heavy atom. The summed E-state index contributed by atoms with van der Waals surface area (Å²) in [5.41, 5.74) is 10.9. The van der Waals surface area contributed by atoms with Gasteiger partial charge in [0.1, 0.15) is 0 Å². The summed E-state index contributed by atoms with van der Waals surface area (Å²) in [6.45, 7) is 5.36. The molecule has 0 aromatic heterocycles. The average molecular weight is 283 g/mol. The summed E-state index contributed by atoms with van der Waals surface area (Å²) in [5.74, 6) is 0.768. The molecule has 1 aromatic rings. The second kappa shape index (κ2) is 6.02. The van der Waals surface area contributed by atoms with Crippen molar-refractivity contribution in [2.75, 3.05) is 6.54 Å². The van der Waals surface area contributed by atoms with Crippen molar-refractivity contribution in [2.24, 2.45) is 16.6 Å². The highest BCUT2D eigenvalue weighted by molar-refractivity contribution is 6.13. The molecule has 1 fully saturated rings. The Morgan fingerprint density at radius 3 is 2.76 bits per heavy atom. The molecular weight excluding hydrogens is 258 g/mol. The molecule has 3 atom stereocenters. The van der Waals surface area contributed by atoms with Crippen molar-refractivity contribution >= 4 is 5.71 Å². The second-order valence-corrected chi connectivity index (χ2v) is 6.17. The molecule has 1 aliphatic heterocycles. The minimum absolute atomic E-state index is 0.240. The standard InChI is InChI=1S/C18H25N3/c1-3-13-11-16(13)21-18(14-7-5-4-6-8-14)15-9-10-20-12(2)17(15)19/h4-8,12-13,16,20H,3,9-11,19H2,1-2H3. The van der Waals surface area contributed by atoms with E-state index in [4.69, 9.17) is 10.7 Å². The summed E-state index contributed by atoms with van der Waals surface area (Å²) < 4.78 is 0. The molecule has 0 spiro atoms. The number of hydrogen-bond donors (Lipinski definition) is 2. The number of nitrogens with zero attached hydrogens (tertiary/aromatic N) is 1. The summed E-state index contributed by atoms with van der Waals surface area (Å²) >= 11 is 0. The van der Waals surface area contributed by atoms with Crippen LogP contribution >= 0.6 is 0 Å². The number of benzene rings is 1. The number of hydrogen-bond acceptors (Lipinski definition) is 3. The van der Waals surface area contributed by atoms with Gasteiger partial charge < -0.3 is 11.1 Å². The van der Waals surface area contributed by atoms with Crippen molar-refractivity contribution in [3.63, 3.8) is 0 Å². The van der Waals surface area contributed by atoms with Crippen LogP contribution in [0.1, 0.15) is 38.7 Å². The molecule has 112 valence electrons. The molecule has 1 aromatic carbocycles. The number of nitrogens with one attached hydrogen (secondary N) is 1.